The summed E-state index contributed by atoms with van der Waals surface area (Å²) < 4.78 is 8.71. The van der Waals surface area contributed by atoms with Crippen molar-refractivity contribution >= 4 is 82.4 Å². The van der Waals surface area contributed by atoms with Gasteiger partial charge in [-0.25, -0.2) is 0 Å². The molecule has 0 bridgehead atoms. The van der Waals surface area contributed by atoms with Gasteiger partial charge in [0.1, 0.15) is 11.2 Å². The van der Waals surface area contributed by atoms with E-state index in [2.05, 4.69) is 191 Å². The quantitative estimate of drug-likeness (QED) is 0.169. The van der Waals surface area contributed by atoms with E-state index in [0.29, 0.717) is 0 Å². The molecule has 0 spiro atoms. The average Bonchev–Trinajstić information content (AvgIpc) is 3.77. The van der Waals surface area contributed by atoms with E-state index < -0.39 is 0 Å². The Hall–Kier alpha value is -7.10. The molecular formula is C50H32N2O. The number of benzene rings is 9. The summed E-state index contributed by atoms with van der Waals surface area (Å²) in [5, 5.41) is 9.57. The highest BCUT2D eigenvalue weighted by molar-refractivity contribution is 6.16. The van der Waals surface area contributed by atoms with Crippen LogP contribution in [0.2, 0.25) is 0 Å². The van der Waals surface area contributed by atoms with Crippen LogP contribution in [0.3, 0.4) is 0 Å². The van der Waals surface area contributed by atoms with Crippen LogP contribution in [0.1, 0.15) is 0 Å². The van der Waals surface area contributed by atoms with Crippen molar-refractivity contribution < 1.29 is 4.42 Å². The highest BCUT2D eigenvalue weighted by Gasteiger charge is 2.21. The second-order valence-electron chi connectivity index (χ2n) is 13.7. The molecule has 0 aliphatic carbocycles. The van der Waals surface area contributed by atoms with Crippen LogP contribution in [0, 0.1) is 0 Å². The lowest BCUT2D eigenvalue weighted by Gasteiger charge is -2.28. The number of hydrogen-bond donors (Lipinski definition) is 0. The second kappa shape index (κ2) is 11.7. The first-order valence-electron chi connectivity index (χ1n) is 18.1. The molecule has 0 radical (unpaired) electrons. The van der Waals surface area contributed by atoms with E-state index >= 15 is 0 Å². The maximum atomic E-state index is 6.30. The zero-order valence-corrected chi connectivity index (χ0v) is 28.8. The van der Waals surface area contributed by atoms with Gasteiger partial charge in [0.25, 0.3) is 0 Å². The molecule has 0 amide bonds. The van der Waals surface area contributed by atoms with E-state index in [1.165, 1.54) is 48.9 Å². The number of furan rings is 1. The lowest BCUT2D eigenvalue weighted by molar-refractivity contribution is 0.669. The molecular weight excluding hydrogens is 645 g/mol. The number of anilines is 3. The van der Waals surface area contributed by atoms with Crippen LogP contribution in [0.5, 0.6) is 0 Å². The Kier molecular flexibility index (Phi) is 6.55. The molecule has 0 saturated heterocycles. The van der Waals surface area contributed by atoms with E-state index in [1.54, 1.807) is 0 Å². The first-order chi connectivity index (χ1) is 26.3. The number of para-hydroxylation sites is 4. The summed E-state index contributed by atoms with van der Waals surface area (Å²) in [5.74, 6) is 0. The zero-order chi connectivity index (χ0) is 34.9. The minimum absolute atomic E-state index is 0.882. The van der Waals surface area contributed by atoms with Crippen molar-refractivity contribution in [2.24, 2.45) is 0 Å². The largest absolute Gasteiger partial charge is 0.456 e. The van der Waals surface area contributed by atoms with E-state index in [-0.39, 0.29) is 0 Å². The fraction of sp³-hybridized carbons (Fsp3) is 0. The van der Waals surface area contributed by atoms with Crippen LogP contribution < -0.4 is 4.90 Å². The first kappa shape index (κ1) is 29.6. The summed E-state index contributed by atoms with van der Waals surface area (Å²) in [5.41, 5.74) is 10.9. The third-order valence-electron chi connectivity index (χ3n) is 10.7. The molecule has 0 saturated carbocycles. The summed E-state index contributed by atoms with van der Waals surface area (Å²) in [4.78, 5) is 2.42. The van der Waals surface area contributed by atoms with Crippen molar-refractivity contribution in [2.75, 3.05) is 4.90 Å². The molecule has 3 heteroatoms. The molecule has 0 atom stereocenters. The van der Waals surface area contributed by atoms with Gasteiger partial charge in [-0.1, -0.05) is 133 Å². The number of rotatable bonds is 5. The lowest BCUT2D eigenvalue weighted by Crippen LogP contribution is -2.11. The van der Waals surface area contributed by atoms with Crippen molar-refractivity contribution in [1.29, 1.82) is 0 Å². The van der Waals surface area contributed by atoms with E-state index in [1.807, 2.05) is 12.1 Å². The fourth-order valence-corrected chi connectivity index (χ4v) is 8.41. The lowest BCUT2D eigenvalue weighted by atomic mass is 9.98. The van der Waals surface area contributed by atoms with Gasteiger partial charge in [0.05, 0.1) is 16.7 Å². The minimum Gasteiger partial charge on any atom is -0.456 e. The van der Waals surface area contributed by atoms with Gasteiger partial charge in [-0.2, -0.15) is 0 Å². The molecule has 0 unspecified atom stereocenters. The van der Waals surface area contributed by atoms with Gasteiger partial charge in [0, 0.05) is 49.6 Å². The zero-order valence-electron chi connectivity index (χ0n) is 28.8. The van der Waals surface area contributed by atoms with Crippen LogP contribution in [-0.2, 0) is 0 Å². The molecule has 0 fully saturated rings. The smallest absolute Gasteiger partial charge is 0.135 e. The number of hydrogen-bond acceptors (Lipinski definition) is 2. The molecule has 9 aromatic carbocycles. The summed E-state index contributed by atoms with van der Waals surface area (Å²) in [7, 11) is 0. The maximum absolute atomic E-state index is 6.30. The molecule has 2 heterocycles. The number of aromatic nitrogens is 1. The average molecular weight is 677 g/mol. The molecule has 3 nitrogen and oxygen atoms in total. The predicted octanol–water partition coefficient (Wildman–Crippen LogP) is 14.1. The topological polar surface area (TPSA) is 21.3 Å². The fourth-order valence-electron chi connectivity index (χ4n) is 8.41. The number of fused-ring (bicyclic) bond motifs is 9. The van der Waals surface area contributed by atoms with Gasteiger partial charge in [-0.3, -0.25) is 0 Å². The van der Waals surface area contributed by atoms with Crippen molar-refractivity contribution in [3.05, 3.63) is 194 Å². The van der Waals surface area contributed by atoms with Crippen LogP contribution >= 0.6 is 0 Å². The molecule has 11 aromatic rings. The highest BCUT2D eigenvalue weighted by atomic mass is 16.3. The molecule has 0 N–H and O–H groups in total. The molecule has 248 valence electrons. The SMILES string of the molecule is c1ccc(-n2c3ccccc3c3cccc(-c4cccc(N(c5ccc6oc7ccccc7c6c5)c5cc6ccccc6c6ccccc56)c4)c32)cc1. The van der Waals surface area contributed by atoms with E-state index in [0.717, 1.165) is 50.3 Å². The van der Waals surface area contributed by atoms with Crippen molar-refractivity contribution in [1.82, 2.24) is 4.57 Å². The standard InChI is InChI=1S/C50H32N2O/c1-2-16-35(17-3-1)52-46-26-10-8-22-42(46)44-25-13-24-39(50(44)52)33-15-12-18-36(30-33)51(37-28-29-49-45(32-37)43-23-9-11-27-48(43)53-49)47-31-34-14-4-5-19-38(34)40-20-6-7-21-41(40)47/h1-32H. The summed E-state index contributed by atoms with van der Waals surface area (Å²) >= 11 is 0. The van der Waals surface area contributed by atoms with Crippen molar-refractivity contribution in [2.45, 2.75) is 0 Å². The van der Waals surface area contributed by atoms with Crippen LogP contribution in [0.4, 0.5) is 17.1 Å². The Morgan fingerprint density at radius 1 is 0.396 bits per heavy atom. The minimum atomic E-state index is 0.882. The van der Waals surface area contributed by atoms with E-state index in [9.17, 15) is 0 Å². The van der Waals surface area contributed by atoms with E-state index in [4.69, 9.17) is 4.42 Å². The Balaban J connectivity index is 1.19. The third-order valence-corrected chi connectivity index (χ3v) is 10.7. The third kappa shape index (κ3) is 4.61. The van der Waals surface area contributed by atoms with Crippen molar-refractivity contribution in [3.8, 4) is 16.8 Å². The summed E-state index contributed by atoms with van der Waals surface area (Å²) in [6, 6.07) is 69.9. The van der Waals surface area contributed by atoms with Gasteiger partial charge < -0.3 is 13.9 Å². The predicted molar refractivity (Wildman–Crippen MR) is 223 cm³/mol. The van der Waals surface area contributed by atoms with Gasteiger partial charge >= 0.3 is 0 Å². The Labute approximate surface area is 306 Å². The normalized spacial score (nSPS) is 11.8. The summed E-state index contributed by atoms with van der Waals surface area (Å²) in [6.07, 6.45) is 0. The second-order valence-corrected chi connectivity index (χ2v) is 13.7. The monoisotopic (exact) mass is 676 g/mol. The van der Waals surface area contributed by atoms with Gasteiger partial charge in [0.15, 0.2) is 0 Å². The van der Waals surface area contributed by atoms with Crippen LogP contribution in [0.25, 0.3) is 82.1 Å². The molecule has 0 aliphatic rings. The van der Waals surface area contributed by atoms with Crippen molar-refractivity contribution in [3.63, 3.8) is 0 Å². The Morgan fingerprint density at radius 3 is 1.94 bits per heavy atom. The van der Waals surface area contributed by atoms with Crippen LogP contribution in [0.15, 0.2) is 199 Å². The maximum Gasteiger partial charge on any atom is 0.135 e. The molecule has 0 aliphatic heterocycles. The Bertz CT molecular complexity index is 3190. The number of nitrogens with zero attached hydrogens (tertiary/aromatic N) is 2. The van der Waals surface area contributed by atoms with Gasteiger partial charge in [-0.05, 0) is 82.4 Å². The highest BCUT2D eigenvalue weighted by Crippen LogP contribution is 2.45. The van der Waals surface area contributed by atoms with Gasteiger partial charge in [0.2, 0.25) is 0 Å². The first-order valence-corrected chi connectivity index (χ1v) is 18.1. The summed E-state index contributed by atoms with van der Waals surface area (Å²) in [6.45, 7) is 0. The van der Waals surface area contributed by atoms with Gasteiger partial charge in [-0.15, -0.1) is 0 Å². The van der Waals surface area contributed by atoms with Crippen LogP contribution in [-0.4, -0.2) is 4.57 Å². The Morgan fingerprint density at radius 2 is 1.06 bits per heavy atom. The molecule has 2 aromatic heterocycles. The molecule has 53 heavy (non-hydrogen) atoms. The molecule has 11 rings (SSSR count).